The minimum atomic E-state index is -0.868. The molecule has 2 aromatic rings. The van der Waals surface area contributed by atoms with Gasteiger partial charge in [-0.3, -0.25) is 9.59 Å². The third-order valence-corrected chi connectivity index (χ3v) is 7.72. The number of hydrogen-bond acceptors (Lipinski definition) is 6. The minimum Gasteiger partial charge on any atom is -0.396 e. The summed E-state index contributed by atoms with van der Waals surface area (Å²) in [5.41, 5.74) is 1.79. The number of nitrogens with zero attached hydrogens (tertiary/aromatic N) is 4. The predicted molar refractivity (Wildman–Crippen MR) is 133 cm³/mol. The van der Waals surface area contributed by atoms with Gasteiger partial charge in [0.25, 0.3) is 5.56 Å². The second-order valence-corrected chi connectivity index (χ2v) is 9.79. The van der Waals surface area contributed by atoms with Crippen molar-refractivity contribution in [3.63, 3.8) is 0 Å². The van der Waals surface area contributed by atoms with E-state index in [4.69, 9.17) is 0 Å². The molecule has 0 unspecified atom stereocenters. The zero-order valence-electron chi connectivity index (χ0n) is 20.3. The van der Waals surface area contributed by atoms with E-state index in [9.17, 15) is 19.5 Å². The van der Waals surface area contributed by atoms with E-state index in [1.807, 2.05) is 19.1 Å². The molecule has 3 amide bonds. The minimum absolute atomic E-state index is 0.0644. The molecule has 2 fully saturated rings. The van der Waals surface area contributed by atoms with Gasteiger partial charge in [0.1, 0.15) is 12.4 Å². The number of urea groups is 1. The summed E-state index contributed by atoms with van der Waals surface area (Å²) >= 11 is 0. The third kappa shape index (κ3) is 4.30. The number of carbonyl (C=O) groups is 2. The quantitative estimate of drug-likeness (QED) is 0.562. The van der Waals surface area contributed by atoms with Crippen molar-refractivity contribution in [2.24, 2.45) is 11.8 Å². The first-order chi connectivity index (χ1) is 17.5. The molecule has 3 aliphatic rings. The Kier molecular flexibility index (Phi) is 6.86. The molecule has 0 aromatic carbocycles. The number of hydrogen-bond donors (Lipinski definition) is 3. The van der Waals surface area contributed by atoms with E-state index in [0.717, 1.165) is 25.7 Å². The van der Waals surface area contributed by atoms with Gasteiger partial charge < -0.3 is 25.2 Å². The number of aliphatic hydroxyl groups excluding tert-OH is 1. The van der Waals surface area contributed by atoms with Crippen molar-refractivity contribution < 1.29 is 14.7 Å². The molecule has 10 nitrogen and oxygen atoms in total. The smallest absolute Gasteiger partial charge is 0.318 e. The fraction of sp³-hybridized carbons (Fsp3) is 0.500. The topological polar surface area (TPSA) is 129 Å². The summed E-state index contributed by atoms with van der Waals surface area (Å²) < 4.78 is 1.69. The Morgan fingerprint density at radius 1 is 1.22 bits per heavy atom. The van der Waals surface area contributed by atoms with Crippen LogP contribution in [0.15, 0.2) is 41.6 Å². The van der Waals surface area contributed by atoms with Crippen LogP contribution in [0.25, 0.3) is 6.08 Å². The van der Waals surface area contributed by atoms with Gasteiger partial charge in [0.2, 0.25) is 5.91 Å². The molecular weight excluding hydrogens is 460 g/mol. The van der Waals surface area contributed by atoms with Crippen LogP contribution < -0.4 is 16.2 Å². The van der Waals surface area contributed by atoms with Crippen molar-refractivity contribution >= 4 is 18.0 Å². The number of rotatable bonds is 6. The van der Waals surface area contributed by atoms with Gasteiger partial charge in [-0.1, -0.05) is 25.0 Å². The molecule has 36 heavy (non-hydrogen) atoms. The maximum atomic E-state index is 13.7. The Balaban J connectivity index is 1.49. The van der Waals surface area contributed by atoms with Crippen LogP contribution in [0, 0.1) is 11.8 Å². The normalized spacial score (nSPS) is 25.2. The van der Waals surface area contributed by atoms with Crippen molar-refractivity contribution in [1.29, 1.82) is 0 Å². The first kappa shape index (κ1) is 24.2. The molecule has 10 heteroatoms. The SMILES string of the molecule is C/C=C\c1ccc2n(c1=O)C[C@@H]1[C@@H](CO)[C@H](C(=O)NCc3ccncn3)N(C(=O)NC3CCCC3)[C@H]21. The lowest BCUT2D eigenvalue weighted by Crippen LogP contribution is -2.54. The lowest BCUT2D eigenvalue weighted by atomic mass is 9.88. The molecular formula is C26H32N6O4. The van der Waals surface area contributed by atoms with Crippen molar-refractivity contribution in [3.8, 4) is 0 Å². The van der Waals surface area contributed by atoms with Crippen LogP contribution in [0.1, 0.15) is 55.6 Å². The Labute approximate surface area is 209 Å². The van der Waals surface area contributed by atoms with E-state index in [1.165, 1.54) is 6.33 Å². The standard InChI is InChI=1S/C26H32N6O4/c1-2-5-16-8-9-21-22-19(13-31(21)25(16)35)20(14-33)23(24(34)28-12-18-10-11-27-15-29-18)32(22)26(36)30-17-6-3-4-7-17/h2,5,8-11,15,17,19-20,22-23,33H,3-4,6-7,12-14H2,1H3,(H,28,34)(H,30,36)/b5-2-/t19-,20-,22+,23-/m1/s1. The number of carbonyl (C=O) groups excluding carboxylic acids is 2. The second kappa shape index (κ2) is 10.2. The summed E-state index contributed by atoms with van der Waals surface area (Å²) in [5, 5.41) is 16.4. The highest BCUT2D eigenvalue weighted by Gasteiger charge is 2.57. The van der Waals surface area contributed by atoms with E-state index in [0.29, 0.717) is 23.5 Å². The average Bonchev–Trinajstić information content (AvgIpc) is 3.60. The highest BCUT2D eigenvalue weighted by molar-refractivity contribution is 5.88. The molecule has 4 atom stereocenters. The van der Waals surface area contributed by atoms with Crippen LogP contribution in [0.2, 0.25) is 0 Å². The van der Waals surface area contributed by atoms with Gasteiger partial charge in [0, 0.05) is 48.5 Å². The molecule has 1 saturated carbocycles. The van der Waals surface area contributed by atoms with Crippen LogP contribution in [-0.4, -0.2) is 55.2 Å². The number of nitrogens with one attached hydrogen (secondary N) is 2. The van der Waals surface area contributed by atoms with Crippen molar-refractivity contribution in [2.75, 3.05) is 6.61 Å². The molecule has 2 aromatic heterocycles. The van der Waals surface area contributed by atoms with Gasteiger partial charge in [-0.15, -0.1) is 0 Å². The lowest BCUT2D eigenvalue weighted by Gasteiger charge is -2.32. The maximum absolute atomic E-state index is 13.7. The molecule has 0 radical (unpaired) electrons. The van der Waals surface area contributed by atoms with E-state index >= 15 is 0 Å². The van der Waals surface area contributed by atoms with Gasteiger partial charge in [-0.2, -0.15) is 0 Å². The fourth-order valence-electron chi connectivity index (χ4n) is 6.06. The average molecular weight is 493 g/mol. The van der Waals surface area contributed by atoms with Gasteiger partial charge in [0.05, 0.1) is 18.3 Å². The molecule has 4 heterocycles. The van der Waals surface area contributed by atoms with Crippen LogP contribution in [0.4, 0.5) is 4.79 Å². The molecule has 0 spiro atoms. The van der Waals surface area contributed by atoms with Gasteiger partial charge in [0.15, 0.2) is 0 Å². The molecule has 1 aliphatic carbocycles. The molecule has 1 saturated heterocycles. The molecule has 190 valence electrons. The third-order valence-electron chi connectivity index (χ3n) is 7.72. The molecule has 3 N–H and O–H groups in total. The highest BCUT2D eigenvalue weighted by Crippen LogP contribution is 2.49. The number of amides is 3. The Hall–Kier alpha value is -3.53. The van der Waals surface area contributed by atoms with Crippen LogP contribution in [-0.2, 0) is 17.9 Å². The van der Waals surface area contributed by atoms with Crippen LogP contribution in [0.3, 0.4) is 0 Å². The van der Waals surface area contributed by atoms with E-state index in [-0.39, 0.29) is 42.6 Å². The van der Waals surface area contributed by atoms with Crippen molar-refractivity contribution in [2.45, 2.75) is 63.8 Å². The van der Waals surface area contributed by atoms with Crippen LogP contribution >= 0.6 is 0 Å². The highest BCUT2D eigenvalue weighted by atomic mass is 16.3. The summed E-state index contributed by atoms with van der Waals surface area (Å²) in [4.78, 5) is 50.0. The number of aliphatic hydroxyl groups is 1. The largest absolute Gasteiger partial charge is 0.396 e. The van der Waals surface area contributed by atoms with E-state index < -0.39 is 18.0 Å². The zero-order chi connectivity index (χ0) is 25.2. The second-order valence-electron chi connectivity index (χ2n) is 9.79. The van der Waals surface area contributed by atoms with E-state index in [1.54, 1.807) is 33.9 Å². The molecule has 5 rings (SSSR count). The molecule has 0 bridgehead atoms. The number of fused-ring (bicyclic) bond motifs is 3. The summed E-state index contributed by atoms with van der Waals surface area (Å²) in [7, 11) is 0. The van der Waals surface area contributed by atoms with Gasteiger partial charge in [-0.25, -0.2) is 14.8 Å². The molecule has 2 aliphatic heterocycles. The van der Waals surface area contributed by atoms with Gasteiger partial charge in [-0.05, 0) is 38.0 Å². The Morgan fingerprint density at radius 2 is 2.03 bits per heavy atom. The lowest BCUT2D eigenvalue weighted by molar-refractivity contribution is -0.126. The first-order valence-electron chi connectivity index (χ1n) is 12.6. The summed E-state index contributed by atoms with van der Waals surface area (Å²) in [6, 6.07) is 3.73. The summed E-state index contributed by atoms with van der Waals surface area (Å²) in [6.45, 7) is 2.11. The van der Waals surface area contributed by atoms with Gasteiger partial charge >= 0.3 is 6.03 Å². The fourth-order valence-corrected chi connectivity index (χ4v) is 6.06. The monoisotopic (exact) mass is 492 g/mol. The summed E-state index contributed by atoms with van der Waals surface area (Å²) in [5.74, 6) is -1.12. The van der Waals surface area contributed by atoms with E-state index in [2.05, 4.69) is 20.6 Å². The number of aromatic nitrogens is 3. The van der Waals surface area contributed by atoms with Crippen LogP contribution in [0.5, 0.6) is 0 Å². The summed E-state index contributed by atoms with van der Waals surface area (Å²) in [6.07, 6.45) is 10.5. The maximum Gasteiger partial charge on any atom is 0.318 e. The van der Waals surface area contributed by atoms with Crippen molar-refractivity contribution in [3.05, 3.63) is 64.1 Å². The van der Waals surface area contributed by atoms with Crippen molar-refractivity contribution in [1.82, 2.24) is 30.1 Å². The number of pyridine rings is 1. The zero-order valence-corrected chi connectivity index (χ0v) is 20.3. The predicted octanol–water partition coefficient (Wildman–Crippen LogP) is 1.60. The first-order valence-corrected chi connectivity index (χ1v) is 12.6. The number of allylic oxidation sites excluding steroid dienone is 1. The number of likely N-dealkylation sites (tertiary alicyclic amines) is 1. The Bertz CT molecular complexity index is 1210. The Morgan fingerprint density at radius 3 is 2.72 bits per heavy atom.